The maximum absolute atomic E-state index is 12.4. The Hall–Kier alpha value is -2.66. The molecule has 5 nitrogen and oxygen atoms in total. The van der Waals surface area contributed by atoms with Gasteiger partial charge in [0.1, 0.15) is 0 Å². The van der Waals surface area contributed by atoms with Crippen molar-refractivity contribution < 1.29 is 14.7 Å². The Morgan fingerprint density at radius 3 is 2.68 bits per heavy atom. The van der Waals surface area contributed by atoms with Crippen LogP contribution in [-0.4, -0.2) is 35.0 Å². The van der Waals surface area contributed by atoms with Crippen LogP contribution in [0.1, 0.15) is 28.8 Å². The van der Waals surface area contributed by atoms with Gasteiger partial charge in [0.2, 0.25) is 0 Å². The third-order valence-corrected chi connectivity index (χ3v) is 4.48. The molecule has 1 aliphatic heterocycles. The molecule has 1 heterocycles. The molecule has 1 amide bonds. The lowest BCUT2D eigenvalue weighted by Gasteiger charge is -2.30. The highest BCUT2D eigenvalue weighted by Gasteiger charge is 2.25. The average Bonchev–Trinajstić information content (AvgIpc) is 2.63. The Kier molecular flexibility index (Phi) is 5.46. The molecule has 2 aromatic carbocycles. The lowest BCUT2D eigenvalue weighted by atomic mass is 9.97. The number of carboxylic acids is 1. The fraction of sp³-hybridized carbons (Fsp3) is 0.300. The Morgan fingerprint density at radius 2 is 1.92 bits per heavy atom. The maximum Gasteiger partial charge on any atom is 0.307 e. The van der Waals surface area contributed by atoms with Crippen LogP contribution in [0.15, 0.2) is 54.6 Å². The van der Waals surface area contributed by atoms with Crippen molar-refractivity contribution >= 4 is 17.6 Å². The molecule has 1 saturated heterocycles. The fourth-order valence-electron chi connectivity index (χ4n) is 3.19. The predicted octanol–water partition coefficient (Wildman–Crippen LogP) is 3.24. The van der Waals surface area contributed by atoms with E-state index in [0.717, 1.165) is 30.6 Å². The SMILES string of the molecule is O=C(Nc1ccccc1)c1cccc(CN2CCCC(C(=O)O)C2)c1. The van der Waals surface area contributed by atoms with Gasteiger partial charge in [0, 0.05) is 24.3 Å². The van der Waals surface area contributed by atoms with Gasteiger partial charge in [-0.2, -0.15) is 0 Å². The number of nitrogens with zero attached hydrogens (tertiary/aromatic N) is 1. The molecule has 0 bridgehead atoms. The molecule has 0 aliphatic carbocycles. The van der Waals surface area contributed by atoms with Crippen LogP contribution < -0.4 is 5.32 Å². The molecule has 0 aromatic heterocycles. The number of amides is 1. The van der Waals surface area contributed by atoms with Crippen LogP contribution in [0.3, 0.4) is 0 Å². The highest BCUT2D eigenvalue weighted by molar-refractivity contribution is 6.04. The van der Waals surface area contributed by atoms with E-state index in [2.05, 4.69) is 10.2 Å². The summed E-state index contributed by atoms with van der Waals surface area (Å²) in [4.78, 5) is 25.7. The van der Waals surface area contributed by atoms with E-state index in [-0.39, 0.29) is 11.8 Å². The van der Waals surface area contributed by atoms with Crippen molar-refractivity contribution in [3.63, 3.8) is 0 Å². The molecule has 0 spiro atoms. The molecular formula is C20H22N2O3. The molecule has 1 aliphatic rings. The van der Waals surface area contributed by atoms with Crippen LogP contribution in [0, 0.1) is 5.92 Å². The molecular weight excluding hydrogens is 316 g/mol. The zero-order valence-electron chi connectivity index (χ0n) is 14.0. The number of rotatable bonds is 5. The van der Waals surface area contributed by atoms with Gasteiger partial charge in [-0.25, -0.2) is 0 Å². The Labute approximate surface area is 147 Å². The minimum Gasteiger partial charge on any atom is -0.481 e. The van der Waals surface area contributed by atoms with Crippen LogP contribution in [0.25, 0.3) is 0 Å². The topological polar surface area (TPSA) is 69.6 Å². The molecule has 1 fully saturated rings. The van der Waals surface area contributed by atoms with Crippen molar-refractivity contribution in [3.8, 4) is 0 Å². The third kappa shape index (κ3) is 4.67. The summed E-state index contributed by atoms with van der Waals surface area (Å²) < 4.78 is 0. The first kappa shape index (κ1) is 17.2. The summed E-state index contributed by atoms with van der Waals surface area (Å²) in [5.41, 5.74) is 2.39. The molecule has 0 radical (unpaired) electrons. The number of anilines is 1. The van der Waals surface area contributed by atoms with E-state index in [1.54, 1.807) is 6.07 Å². The second-order valence-corrected chi connectivity index (χ2v) is 6.43. The van der Waals surface area contributed by atoms with Gasteiger partial charge in [-0.1, -0.05) is 30.3 Å². The normalized spacial score (nSPS) is 17.8. The fourth-order valence-corrected chi connectivity index (χ4v) is 3.19. The van der Waals surface area contributed by atoms with Gasteiger partial charge in [0.25, 0.3) is 5.91 Å². The summed E-state index contributed by atoms with van der Waals surface area (Å²) in [6.45, 7) is 2.12. The van der Waals surface area contributed by atoms with Gasteiger partial charge in [0.05, 0.1) is 5.92 Å². The van der Waals surface area contributed by atoms with Crippen molar-refractivity contribution in [2.45, 2.75) is 19.4 Å². The Balaban J connectivity index is 1.65. The minimum atomic E-state index is -0.722. The van der Waals surface area contributed by atoms with Gasteiger partial charge < -0.3 is 10.4 Å². The van der Waals surface area contributed by atoms with Crippen LogP contribution >= 0.6 is 0 Å². The van der Waals surface area contributed by atoms with Gasteiger partial charge in [-0.05, 0) is 49.2 Å². The van der Waals surface area contributed by atoms with Crippen molar-refractivity contribution in [3.05, 3.63) is 65.7 Å². The molecule has 5 heteroatoms. The van der Waals surface area contributed by atoms with Crippen molar-refractivity contribution in [1.29, 1.82) is 0 Å². The number of carbonyl (C=O) groups excluding carboxylic acids is 1. The van der Waals surface area contributed by atoms with Gasteiger partial charge in [-0.3, -0.25) is 14.5 Å². The average molecular weight is 338 g/mol. The van der Waals surface area contributed by atoms with Gasteiger partial charge in [-0.15, -0.1) is 0 Å². The van der Waals surface area contributed by atoms with Crippen LogP contribution in [0.5, 0.6) is 0 Å². The Morgan fingerprint density at radius 1 is 1.12 bits per heavy atom. The number of hydrogen-bond acceptors (Lipinski definition) is 3. The number of carbonyl (C=O) groups is 2. The lowest BCUT2D eigenvalue weighted by molar-refractivity contribution is -0.143. The second-order valence-electron chi connectivity index (χ2n) is 6.43. The molecule has 2 N–H and O–H groups in total. The minimum absolute atomic E-state index is 0.143. The number of benzene rings is 2. The van der Waals surface area contributed by atoms with E-state index in [1.807, 2.05) is 48.5 Å². The van der Waals surface area contributed by atoms with Crippen molar-refractivity contribution in [2.75, 3.05) is 18.4 Å². The van der Waals surface area contributed by atoms with E-state index in [1.165, 1.54) is 0 Å². The van der Waals surface area contributed by atoms with Gasteiger partial charge >= 0.3 is 5.97 Å². The molecule has 130 valence electrons. The first-order valence-corrected chi connectivity index (χ1v) is 8.52. The lowest BCUT2D eigenvalue weighted by Crippen LogP contribution is -2.38. The number of likely N-dealkylation sites (tertiary alicyclic amines) is 1. The van der Waals surface area contributed by atoms with E-state index in [0.29, 0.717) is 18.7 Å². The summed E-state index contributed by atoms with van der Waals surface area (Å²) in [6, 6.07) is 16.9. The zero-order valence-corrected chi connectivity index (χ0v) is 14.0. The van der Waals surface area contributed by atoms with Gasteiger partial charge in [0.15, 0.2) is 0 Å². The number of piperidine rings is 1. The first-order chi connectivity index (χ1) is 12.1. The van der Waals surface area contributed by atoms with E-state index < -0.39 is 5.97 Å². The molecule has 3 rings (SSSR count). The predicted molar refractivity (Wildman–Crippen MR) is 96.5 cm³/mol. The summed E-state index contributed by atoms with van der Waals surface area (Å²) in [5, 5.41) is 12.1. The molecule has 2 aromatic rings. The van der Waals surface area contributed by atoms with E-state index in [9.17, 15) is 14.7 Å². The Bertz CT molecular complexity index is 746. The van der Waals surface area contributed by atoms with E-state index >= 15 is 0 Å². The highest BCUT2D eigenvalue weighted by Crippen LogP contribution is 2.19. The molecule has 0 saturated carbocycles. The number of carboxylic acid groups (broad SMARTS) is 1. The number of nitrogens with one attached hydrogen (secondary N) is 1. The first-order valence-electron chi connectivity index (χ1n) is 8.52. The van der Waals surface area contributed by atoms with Crippen LogP contribution in [0.4, 0.5) is 5.69 Å². The quantitative estimate of drug-likeness (QED) is 0.878. The molecule has 1 atom stereocenters. The van der Waals surface area contributed by atoms with Crippen molar-refractivity contribution in [1.82, 2.24) is 4.90 Å². The van der Waals surface area contributed by atoms with Crippen molar-refractivity contribution in [2.24, 2.45) is 5.92 Å². The smallest absolute Gasteiger partial charge is 0.307 e. The zero-order chi connectivity index (χ0) is 17.6. The largest absolute Gasteiger partial charge is 0.481 e. The monoisotopic (exact) mass is 338 g/mol. The molecule has 1 unspecified atom stereocenters. The molecule has 25 heavy (non-hydrogen) atoms. The second kappa shape index (κ2) is 7.94. The summed E-state index contributed by atoms with van der Waals surface area (Å²) in [7, 11) is 0. The van der Waals surface area contributed by atoms with E-state index in [4.69, 9.17) is 0 Å². The summed E-state index contributed by atoms with van der Waals surface area (Å²) >= 11 is 0. The maximum atomic E-state index is 12.4. The number of aliphatic carboxylic acids is 1. The standard InChI is InChI=1S/C20H22N2O3/c23-19(21-18-9-2-1-3-10-18)16-7-4-6-15(12-16)13-22-11-5-8-17(14-22)20(24)25/h1-4,6-7,9-10,12,17H,5,8,11,13-14H2,(H,21,23)(H,24,25). The summed E-state index contributed by atoms with van der Waals surface area (Å²) in [5.74, 6) is -1.16. The third-order valence-electron chi connectivity index (χ3n) is 4.48. The van der Waals surface area contributed by atoms with Crippen LogP contribution in [-0.2, 0) is 11.3 Å². The van der Waals surface area contributed by atoms with Crippen LogP contribution in [0.2, 0.25) is 0 Å². The summed E-state index contributed by atoms with van der Waals surface area (Å²) in [6.07, 6.45) is 1.64. The number of para-hydroxylation sites is 1. The number of hydrogen-bond donors (Lipinski definition) is 2. The highest BCUT2D eigenvalue weighted by atomic mass is 16.4.